The molecule has 1 amide bonds. The van der Waals surface area contributed by atoms with Crippen LogP contribution < -0.4 is 9.47 Å². The van der Waals surface area contributed by atoms with Crippen molar-refractivity contribution in [3.05, 3.63) is 44.9 Å². The number of thiophene rings is 1. The van der Waals surface area contributed by atoms with E-state index >= 15 is 0 Å². The summed E-state index contributed by atoms with van der Waals surface area (Å²) in [5.74, 6) is 1.26. The molecule has 2 aliphatic rings. The van der Waals surface area contributed by atoms with Crippen LogP contribution in [0.1, 0.15) is 56.4 Å². The Morgan fingerprint density at radius 3 is 2.60 bits per heavy atom. The average molecular weight is 499 g/mol. The zero-order valence-corrected chi connectivity index (χ0v) is 21.8. The van der Waals surface area contributed by atoms with Gasteiger partial charge in [0.15, 0.2) is 17.2 Å². The number of hydrogen-bond acceptors (Lipinski definition) is 6. The normalized spacial score (nSPS) is 17.5. The van der Waals surface area contributed by atoms with E-state index in [1.807, 2.05) is 44.4 Å². The molecule has 186 valence electrons. The lowest BCUT2D eigenvalue weighted by Gasteiger charge is -2.45. The fraction of sp³-hybridized carbons (Fsp3) is 0.481. The summed E-state index contributed by atoms with van der Waals surface area (Å²) in [6, 6.07) is 5.98. The van der Waals surface area contributed by atoms with E-state index in [1.54, 1.807) is 25.4 Å². The lowest BCUT2D eigenvalue weighted by Crippen LogP contribution is -2.60. The lowest BCUT2D eigenvalue weighted by atomic mass is 9.96. The van der Waals surface area contributed by atoms with Crippen molar-refractivity contribution in [2.24, 2.45) is 0 Å². The Hall–Kier alpha value is -2.84. The minimum atomic E-state index is -2.64. The number of methoxy groups -OCH3 is 1. The van der Waals surface area contributed by atoms with Gasteiger partial charge in [-0.25, -0.2) is 4.98 Å². The number of rotatable bonds is 6. The maximum atomic E-state index is 14.1. The van der Waals surface area contributed by atoms with Crippen LogP contribution >= 0.6 is 11.3 Å². The molecule has 2 aliphatic heterocycles. The molecule has 4 heterocycles. The molecule has 0 atom stereocenters. The van der Waals surface area contributed by atoms with Crippen LogP contribution in [0.4, 0.5) is 0 Å². The summed E-state index contributed by atoms with van der Waals surface area (Å²) >= 11 is 1.66. The first-order valence-corrected chi connectivity index (χ1v) is 12.6. The van der Waals surface area contributed by atoms with Gasteiger partial charge in [-0.3, -0.25) is 9.36 Å². The molecule has 35 heavy (non-hydrogen) atoms. The van der Waals surface area contributed by atoms with Gasteiger partial charge in [0.05, 0.1) is 43.3 Å². The maximum Gasteiger partial charge on any atom is 0.274 e. The van der Waals surface area contributed by atoms with E-state index in [4.69, 9.17) is 23.3 Å². The number of imidazole rings is 1. The Morgan fingerprint density at radius 1 is 1.26 bits per heavy atom. The molecule has 0 N–H and O–H groups in total. The molecule has 0 unspecified atom stereocenters. The Kier molecular flexibility index (Phi) is 5.05. The molecule has 1 saturated heterocycles. The molecule has 1 fully saturated rings. The first kappa shape index (κ1) is 20.4. The second-order valence-corrected chi connectivity index (χ2v) is 11.3. The van der Waals surface area contributed by atoms with Crippen molar-refractivity contribution in [2.45, 2.75) is 59.1 Å². The highest BCUT2D eigenvalue weighted by Crippen LogP contribution is 2.41. The quantitative estimate of drug-likeness (QED) is 0.480. The van der Waals surface area contributed by atoms with Gasteiger partial charge >= 0.3 is 0 Å². The second-order valence-electron chi connectivity index (χ2n) is 9.82. The highest BCUT2D eigenvalue weighted by Gasteiger charge is 2.42. The van der Waals surface area contributed by atoms with Gasteiger partial charge in [-0.15, -0.1) is 11.3 Å². The fourth-order valence-corrected chi connectivity index (χ4v) is 5.70. The molecule has 8 heteroatoms. The van der Waals surface area contributed by atoms with Crippen LogP contribution in [0.3, 0.4) is 0 Å². The van der Waals surface area contributed by atoms with E-state index in [2.05, 4.69) is 6.07 Å². The molecule has 3 aromatic rings. The van der Waals surface area contributed by atoms with Crippen LogP contribution in [0, 0.1) is 13.8 Å². The maximum absolute atomic E-state index is 14.1. The van der Waals surface area contributed by atoms with Crippen LogP contribution in [0.2, 0.25) is 0 Å². The molecular weight excluding hydrogens is 462 g/mol. The van der Waals surface area contributed by atoms with Gasteiger partial charge in [-0.05, 0) is 65.2 Å². The number of benzene rings is 1. The predicted molar refractivity (Wildman–Crippen MR) is 137 cm³/mol. The largest absolute Gasteiger partial charge is 0.493 e. The van der Waals surface area contributed by atoms with Crippen molar-refractivity contribution in [2.75, 3.05) is 27.3 Å². The highest BCUT2D eigenvalue weighted by atomic mass is 32.1. The summed E-state index contributed by atoms with van der Waals surface area (Å²) in [6.45, 7) is 7.41. The van der Waals surface area contributed by atoms with Gasteiger partial charge in [0.1, 0.15) is 5.82 Å². The van der Waals surface area contributed by atoms with Gasteiger partial charge in [0.2, 0.25) is 0 Å². The van der Waals surface area contributed by atoms with Crippen LogP contribution in [0.25, 0.3) is 17.1 Å². The van der Waals surface area contributed by atoms with Crippen LogP contribution in [0.15, 0.2) is 18.2 Å². The first-order chi connectivity index (χ1) is 17.8. The summed E-state index contributed by atoms with van der Waals surface area (Å²) < 4.78 is 43.6. The molecule has 5 rings (SSSR count). The number of fused-ring (bicyclic) bond motifs is 3. The number of nitrogens with zero attached hydrogens (tertiary/aromatic N) is 3. The van der Waals surface area contributed by atoms with Crippen LogP contribution in [-0.4, -0.2) is 59.3 Å². The van der Waals surface area contributed by atoms with Crippen molar-refractivity contribution >= 4 is 17.2 Å². The standard InChI is InChI=1S/C27H33N3O4S/c1-15(2)34-23-12-21-18(11-22(23)32-7)8-9-20-24(26(31)29(6)27(5)13-33-14-27)28-25(30(20)21)19-10-16(3)35-17(19)4/h10-12,15H,8-9,13-14H2,1-7H3/i6D3. The monoisotopic (exact) mass is 498 g/mol. The molecule has 7 nitrogen and oxygen atoms in total. The summed E-state index contributed by atoms with van der Waals surface area (Å²) in [6.07, 6.45) is 1.11. The van der Waals surface area contributed by atoms with Crippen molar-refractivity contribution in [3.63, 3.8) is 0 Å². The molecule has 0 bridgehead atoms. The number of hydrogen-bond donors (Lipinski definition) is 0. The number of ether oxygens (including phenoxy) is 3. The topological polar surface area (TPSA) is 65.8 Å². The highest BCUT2D eigenvalue weighted by molar-refractivity contribution is 7.12. The smallest absolute Gasteiger partial charge is 0.274 e. The van der Waals surface area contributed by atoms with Gasteiger partial charge in [0.25, 0.3) is 5.91 Å². The Balaban J connectivity index is 1.75. The third-order valence-corrected chi connectivity index (χ3v) is 7.59. The molecule has 1 aromatic carbocycles. The average Bonchev–Trinajstić information content (AvgIpc) is 3.35. The third-order valence-electron chi connectivity index (χ3n) is 6.63. The van der Waals surface area contributed by atoms with Crippen molar-refractivity contribution < 1.29 is 23.1 Å². The van der Waals surface area contributed by atoms with E-state index in [-0.39, 0.29) is 25.0 Å². The minimum absolute atomic E-state index is 0.0653. The number of aryl methyl sites for hydroxylation is 3. The first-order valence-electron chi connectivity index (χ1n) is 13.3. The summed E-state index contributed by atoms with van der Waals surface area (Å²) in [7, 11) is 1.62. The van der Waals surface area contributed by atoms with Gasteiger partial charge < -0.3 is 19.1 Å². The number of carbonyl (C=O) groups is 1. The number of aromatic nitrogens is 2. The molecule has 0 saturated carbocycles. The zero-order valence-electron chi connectivity index (χ0n) is 24.0. The van der Waals surface area contributed by atoms with Crippen LogP contribution in [-0.2, 0) is 17.6 Å². The molecule has 2 aromatic heterocycles. The van der Waals surface area contributed by atoms with E-state index in [1.165, 1.54) is 0 Å². The number of likely N-dealkylation sites (N-methyl/N-ethyl adjacent to an activating group) is 1. The van der Waals surface area contributed by atoms with Gasteiger partial charge in [-0.2, -0.15) is 0 Å². The molecular formula is C27H33N3O4S. The van der Waals surface area contributed by atoms with Gasteiger partial charge in [0, 0.05) is 32.5 Å². The molecule has 0 aliphatic carbocycles. The third kappa shape index (κ3) is 3.93. The van der Waals surface area contributed by atoms with Crippen molar-refractivity contribution in [1.29, 1.82) is 0 Å². The SMILES string of the molecule is [2H]C([2H])([2H])N(C(=O)c1nc(-c2cc(C)sc2C)n2c1CCc1cc(OC)c(OC(C)C)cc1-2)C1(C)COC1. The van der Waals surface area contributed by atoms with E-state index in [0.717, 1.165) is 31.5 Å². The molecule has 0 radical (unpaired) electrons. The van der Waals surface area contributed by atoms with Gasteiger partial charge in [-0.1, -0.05) is 0 Å². The fourth-order valence-electron chi connectivity index (χ4n) is 4.78. The predicted octanol–water partition coefficient (Wildman–Crippen LogP) is 4.97. The minimum Gasteiger partial charge on any atom is -0.493 e. The summed E-state index contributed by atoms with van der Waals surface area (Å²) in [4.78, 5) is 22.1. The second kappa shape index (κ2) is 8.68. The Morgan fingerprint density at radius 2 is 2.03 bits per heavy atom. The van der Waals surface area contributed by atoms with E-state index < -0.39 is 18.4 Å². The summed E-state index contributed by atoms with van der Waals surface area (Å²) in [5, 5.41) is 0. The number of carbonyl (C=O) groups excluding carboxylic acids is 1. The Labute approximate surface area is 214 Å². The summed E-state index contributed by atoms with van der Waals surface area (Å²) in [5.41, 5.74) is 2.75. The lowest BCUT2D eigenvalue weighted by molar-refractivity contribution is -0.108. The van der Waals surface area contributed by atoms with E-state index in [9.17, 15) is 4.79 Å². The molecule has 0 spiro atoms. The number of amides is 1. The van der Waals surface area contributed by atoms with E-state index in [0.29, 0.717) is 35.9 Å². The Bertz CT molecular complexity index is 1410. The van der Waals surface area contributed by atoms with Crippen molar-refractivity contribution in [1.82, 2.24) is 14.5 Å². The van der Waals surface area contributed by atoms with Crippen LogP contribution in [0.5, 0.6) is 11.5 Å². The van der Waals surface area contributed by atoms with Crippen molar-refractivity contribution in [3.8, 4) is 28.6 Å². The zero-order chi connectivity index (χ0) is 27.6.